The van der Waals surface area contributed by atoms with Crippen LogP contribution in [0.25, 0.3) is 0 Å². The molecule has 0 aliphatic carbocycles. The summed E-state index contributed by atoms with van der Waals surface area (Å²) in [6.07, 6.45) is 2.50. The monoisotopic (exact) mass is 263 g/mol. The summed E-state index contributed by atoms with van der Waals surface area (Å²) in [6, 6.07) is 2.01. The number of aromatic nitrogens is 2. The van der Waals surface area contributed by atoms with E-state index >= 15 is 0 Å². The third-order valence-electron chi connectivity index (χ3n) is 3.56. The maximum absolute atomic E-state index is 11.5. The number of rotatable bonds is 3. The van der Waals surface area contributed by atoms with Gasteiger partial charge in [0.05, 0.1) is 13.0 Å². The molecule has 0 N–H and O–H groups in total. The van der Waals surface area contributed by atoms with Crippen molar-refractivity contribution in [2.24, 2.45) is 5.92 Å². The van der Waals surface area contributed by atoms with Crippen molar-refractivity contribution in [1.82, 2.24) is 9.97 Å². The Morgan fingerprint density at radius 1 is 1.42 bits per heavy atom. The smallest absolute Gasteiger partial charge is 0.308 e. The van der Waals surface area contributed by atoms with E-state index < -0.39 is 0 Å². The van der Waals surface area contributed by atoms with Crippen molar-refractivity contribution in [3.05, 3.63) is 17.6 Å². The van der Waals surface area contributed by atoms with Crippen molar-refractivity contribution >= 4 is 11.8 Å². The number of carbonyl (C=O) groups is 1. The Labute approximate surface area is 114 Å². The first-order valence-electron chi connectivity index (χ1n) is 6.81. The number of carbonyl (C=O) groups excluding carboxylic acids is 1. The van der Waals surface area contributed by atoms with Gasteiger partial charge in [-0.15, -0.1) is 0 Å². The largest absolute Gasteiger partial charge is 0.469 e. The van der Waals surface area contributed by atoms with Crippen LogP contribution in [-0.2, 0) is 16.0 Å². The quantitative estimate of drug-likeness (QED) is 0.777. The minimum absolute atomic E-state index is 0.0369. The molecule has 104 valence electrons. The molecule has 0 saturated carbocycles. The van der Waals surface area contributed by atoms with Crippen LogP contribution < -0.4 is 4.90 Å². The van der Waals surface area contributed by atoms with Crippen LogP contribution in [0, 0.1) is 12.8 Å². The van der Waals surface area contributed by atoms with E-state index in [1.54, 1.807) is 0 Å². The molecule has 0 bridgehead atoms. The highest BCUT2D eigenvalue weighted by molar-refractivity contribution is 5.72. The SMILES string of the molecule is CCc1nc(C)cc(N2CCC(C(=O)OC)CC2)n1. The summed E-state index contributed by atoms with van der Waals surface area (Å²) in [6.45, 7) is 5.74. The van der Waals surface area contributed by atoms with Crippen LogP contribution >= 0.6 is 0 Å². The fourth-order valence-corrected chi connectivity index (χ4v) is 2.44. The van der Waals surface area contributed by atoms with E-state index in [9.17, 15) is 4.79 Å². The minimum atomic E-state index is -0.0900. The predicted octanol–water partition coefficient (Wildman–Crippen LogP) is 1.74. The molecule has 0 atom stereocenters. The zero-order valence-electron chi connectivity index (χ0n) is 11.8. The highest BCUT2D eigenvalue weighted by atomic mass is 16.5. The lowest BCUT2D eigenvalue weighted by molar-refractivity contribution is -0.146. The van der Waals surface area contributed by atoms with Crippen molar-refractivity contribution in [2.45, 2.75) is 33.1 Å². The van der Waals surface area contributed by atoms with Crippen LogP contribution in [-0.4, -0.2) is 36.1 Å². The summed E-state index contributed by atoms with van der Waals surface area (Å²) in [5, 5.41) is 0. The van der Waals surface area contributed by atoms with Crippen molar-refractivity contribution in [3.63, 3.8) is 0 Å². The number of hydrogen-bond acceptors (Lipinski definition) is 5. The normalized spacial score (nSPS) is 16.5. The van der Waals surface area contributed by atoms with Gasteiger partial charge in [0, 0.05) is 31.3 Å². The van der Waals surface area contributed by atoms with E-state index in [-0.39, 0.29) is 11.9 Å². The van der Waals surface area contributed by atoms with Crippen LogP contribution in [0.1, 0.15) is 31.3 Å². The third-order valence-corrected chi connectivity index (χ3v) is 3.56. The Hall–Kier alpha value is -1.65. The van der Waals surface area contributed by atoms with Gasteiger partial charge in [0.2, 0.25) is 0 Å². The Balaban J connectivity index is 2.05. The molecule has 1 aliphatic heterocycles. The topological polar surface area (TPSA) is 55.3 Å². The molecule has 1 aromatic heterocycles. The molecule has 5 heteroatoms. The number of anilines is 1. The zero-order valence-corrected chi connectivity index (χ0v) is 11.8. The molecule has 19 heavy (non-hydrogen) atoms. The number of methoxy groups -OCH3 is 1. The molecule has 1 aliphatic rings. The number of hydrogen-bond donors (Lipinski definition) is 0. The minimum Gasteiger partial charge on any atom is -0.469 e. The molecule has 5 nitrogen and oxygen atoms in total. The second-order valence-corrected chi connectivity index (χ2v) is 4.92. The van der Waals surface area contributed by atoms with E-state index in [0.717, 1.165) is 49.7 Å². The predicted molar refractivity (Wildman–Crippen MR) is 73.1 cm³/mol. The molecular weight excluding hydrogens is 242 g/mol. The van der Waals surface area contributed by atoms with E-state index in [0.29, 0.717) is 0 Å². The van der Waals surface area contributed by atoms with Crippen LogP contribution in [0.15, 0.2) is 6.07 Å². The number of ether oxygens (including phenoxy) is 1. The first-order chi connectivity index (χ1) is 9.13. The molecule has 0 spiro atoms. The van der Waals surface area contributed by atoms with Gasteiger partial charge in [-0.1, -0.05) is 6.92 Å². The van der Waals surface area contributed by atoms with Gasteiger partial charge in [0.1, 0.15) is 11.6 Å². The molecule has 0 radical (unpaired) electrons. The lowest BCUT2D eigenvalue weighted by Crippen LogP contribution is -2.37. The van der Waals surface area contributed by atoms with Crippen LogP contribution in [0.2, 0.25) is 0 Å². The average molecular weight is 263 g/mol. The van der Waals surface area contributed by atoms with Crippen LogP contribution in [0.5, 0.6) is 0 Å². The molecule has 1 aromatic rings. The van der Waals surface area contributed by atoms with E-state index in [1.807, 2.05) is 13.0 Å². The number of piperidine rings is 1. The van der Waals surface area contributed by atoms with Gasteiger partial charge in [-0.25, -0.2) is 9.97 Å². The summed E-state index contributed by atoms with van der Waals surface area (Å²) in [5.41, 5.74) is 0.997. The van der Waals surface area contributed by atoms with Gasteiger partial charge in [-0.2, -0.15) is 0 Å². The molecule has 2 rings (SSSR count). The molecule has 1 saturated heterocycles. The van der Waals surface area contributed by atoms with Gasteiger partial charge in [-0.3, -0.25) is 4.79 Å². The second kappa shape index (κ2) is 5.99. The lowest BCUT2D eigenvalue weighted by atomic mass is 9.97. The Morgan fingerprint density at radius 2 is 2.11 bits per heavy atom. The average Bonchev–Trinajstić information content (AvgIpc) is 2.46. The van der Waals surface area contributed by atoms with Crippen LogP contribution in [0.3, 0.4) is 0 Å². The molecular formula is C14H21N3O2. The zero-order chi connectivity index (χ0) is 13.8. The van der Waals surface area contributed by atoms with Crippen LogP contribution in [0.4, 0.5) is 5.82 Å². The number of nitrogens with zero attached hydrogens (tertiary/aromatic N) is 3. The van der Waals surface area contributed by atoms with Gasteiger partial charge in [-0.05, 0) is 19.8 Å². The van der Waals surface area contributed by atoms with E-state index in [2.05, 4.69) is 21.8 Å². The lowest BCUT2D eigenvalue weighted by Gasteiger charge is -2.31. The Bertz CT molecular complexity index is 454. The van der Waals surface area contributed by atoms with Gasteiger partial charge in [0.25, 0.3) is 0 Å². The maximum atomic E-state index is 11.5. The van der Waals surface area contributed by atoms with Crippen molar-refractivity contribution in [2.75, 3.05) is 25.1 Å². The number of esters is 1. The maximum Gasteiger partial charge on any atom is 0.308 e. The first-order valence-corrected chi connectivity index (χ1v) is 6.81. The molecule has 2 heterocycles. The summed E-state index contributed by atoms with van der Waals surface area (Å²) in [5.74, 6) is 1.81. The fraction of sp³-hybridized carbons (Fsp3) is 0.643. The highest BCUT2D eigenvalue weighted by Crippen LogP contribution is 2.23. The Kier molecular flexibility index (Phi) is 4.35. The van der Waals surface area contributed by atoms with Crippen molar-refractivity contribution in [1.29, 1.82) is 0 Å². The third kappa shape index (κ3) is 3.22. The molecule has 0 unspecified atom stereocenters. The second-order valence-electron chi connectivity index (χ2n) is 4.92. The number of aryl methyl sites for hydroxylation is 2. The summed E-state index contributed by atoms with van der Waals surface area (Å²) in [4.78, 5) is 22.7. The van der Waals surface area contributed by atoms with Crippen molar-refractivity contribution in [3.8, 4) is 0 Å². The van der Waals surface area contributed by atoms with E-state index in [4.69, 9.17) is 4.74 Å². The molecule has 0 amide bonds. The fourth-order valence-electron chi connectivity index (χ4n) is 2.44. The first kappa shape index (κ1) is 13.8. The highest BCUT2D eigenvalue weighted by Gasteiger charge is 2.26. The molecule has 0 aromatic carbocycles. The van der Waals surface area contributed by atoms with Gasteiger partial charge in [0.15, 0.2) is 0 Å². The molecule has 1 fully saturated rings. The van der Waals surface area contributed by atoms with Gasteiger partial charge >= 0.3 is 5.97 Å². The van der Waals surface area contributed by atoms with E-state index in [1.165, 1.54) is 7.11 Å². The summed E-state index contributed by atoms with van der Waals surface area (Å²) < 4.78 is 4.80. The van der Waals surface area contributed by atoms with Crippen molar-refractivity contribution < 1.29 is 9.53 Å². The van der Waals surface area contributed by atoms with Gasteiger partial charge < -0.3 is 9.64 Å². The summed E-state index contributed by atoms with van der Waals surface area (Å²) in [7, 11) is 1.45. The Morgan fingerprint density at radius 3 is 2.68 bits per heavy atom. The summed E-state index contributed by atoms with van der Waals surface area (Å²) >= 11 is 0. The standard InChI is InChI=1S/C14H21N3O2/c1-4-12-15-10(2)9-13(16-12)17-7-5-11(6-8-17)14(18)19-3/h9,11H,4-8H2,1-3H3.